The number of para-hydroxylation sites is 3. The van der Waals surface area contributed by atoms with Crippen LogP contribution in [0.1, 0.15) is 23.7 Å². The van der Waals surface area contributed by atoms with Crippen LogP contribution < -0.4 is 0 Å². The van der Waals surface area contributed by atoms with Crippen molar-refractivity contribution in [2.75, 3.05) is 6.54 Å². The fourth-order valence-corrected chi connectivity index (χ4v) is 8.91. The summed E-state index contributed by atoms with van der Waals surface area (Å²) in [5.74, 6) is 0.716. The molecule has 8 aromatic carbocycles. The van der Waals surface area contributed by atoms with E-state index < -0.39 is 0 Å². The molecule has 11 rings (SSSR count). The molecule has 266 valence electrons. The monoisotopic (exact) mass is 719 g/mol. The van der Waals surface area contributed by atoms with E-state index >= 15 is 0 Å². The Labute approximate surface area is 325 Å². The summed E-state index contributed by atoms with van der Waals surface area (Å²) in [4.78, 5) is 4.73. The molecule has 0 saturated carbocycles. The van der Waals surface area contributed by atoms with Crippen LogP contribution in [0.4, 0.5) is 0 Å². The van der Waals surface area contributed by atoms with E-state index in [1.54, 1.807) is 0 Å². The molecule has 4 nitrogen and oxygen atoms in total. The zero-order valence-corrected chi connectivity index (χ0v) is 30.7. The van der Waals surface area contributed by atoms with E-state index in [0.29, 0.717) is 5.90 Å². The first-order valence-electron chi connectivity index (χ1n) is 19.4. The van der Waals surface area contributed by atoms with Gasteiger partial charge < -0.3 is 13.9 Å². The molecule has 0 saturated heterocycles. The van der Waals surface area contributed by atoms with Crippen LogP contribution in [0.15, 0.2) is 199 Å². The summed E-state index contributed by atoms with van der Waals surface area (Å²) >= 11 is 0. The molecule has 0 bridgehead atoms. The van der Waals surface area contributed by atoms with Gasteiger partial charge in [-0.1, -0.05) is 146 Å². The van der Waals surface area contributed by atoms with Gasteiger partial charge in [0.05, 0.1) is 22.1 Å². The molecule has 0 radical (unpaired) electrons. The summed E-state index contributed by atoms with van der Waals surface area (Å²) < 4.78 is 11.5. The molecule has 0 aliphatic carbocycles. The molecule has 10 aromatic rings. The number of hydrogen-bond acceptors (Lipinski definition) is 2. The predicted molar refractivity (Wildman–Crippen MR) is 232 cm³/mol. The minimum Gasteiger partial charge on any atom is -0.469 e. The Morgan fingerprint density at radius 1 is 0.429 bits per heavy atom. The molecule has 3 heterocycles. The largest absolute Gasteiger partial charge is 0.469 e. The number of aliphatic imine (C=N–C) groups is 1. The van der Waals surface area contributed by atoms with E-state index in [2.05, 4.69) is 185 Å². The highest BCUT2D eigenvalue weighted by Gasteiger charge is 2.29. The third-order valence-electron chi connectivity index (χ3n) is 11.3. The number of hydrogen-bond donors (Lipinski definition) is 0. The van der Waals surface area contributed by atoms with Crippen molar-refractivity contribution in [1.82, 2.24) is 9.13 Å². The van der Waals surface area contributed by atoms with Gasteiger partial charge in [0.1, 0.15) is 6.10 Å². The molecule has 4 heteroatoms. The molecule has 1 aliphatic heterocycles. The molecule has 2 aromatic heterocycles. The molecule has 0 N–H and O–H groups in total. The summed E-state index contributed by atoms with van der Waals surface area (Å²) in [6.07, 6.45) is 0.774. The SMILES string of the molecule is c1ccc(C2=NCCC(c3ccc(-n4c5ccccc5c5c(-c6ccccc6)c6c(c(-c7ccccc7)c54)c4ccccc4n6-c4ccccc4)cc3)O2)cc1. The van der Waals surface area contributed by atoms with Gasteiger partial charge in [-0.05, 0) is 65.2 Å². The molecule has 56 heavy (non-hydrogen) atoms. The molecular weight excluding hydrogens is 683 g/mol. The van der Waals surface area contributed by atoms with Crippen LogP contribution in [0.25, 0.3) is 77.2 Å². The quantitative estimate of drug-likeness (QED) is 0.168. The normalized spacial score (nSPS) is 14.4. The van der Waals surface area contributed by atoms with Crippen molar-refractivity contribution in [3.8, 4) is 33.6 Å². The van der Waals surface area contributed by atoms with Crippen LogP contribution >= 0.6 is 0 Å². The van der Waals surface area contributed by atoms with E-state index in [1.807, 2.05) is 18.2 Å². The maximum absolute atomic E-state index is 6.54. The van der Waals surface area contributed by atoms with Crippen molar-refractivity contribution in [3.05, 3.63) is 205 Å². The minimum atomic E-state index is -0.0665. The first kappa shape index (κ1) is 32.3. The highest BCUT2D eigenvalue weighted by molar-refractivity contribution is 6.33. The summed E-state index contributed by atoms with van der Waals surface area (Å²) in [6.45, 7) is 0.735. The van der Waals surface area contributed by atoms with Gasteiger partial charge in [0.15, 0.2) is 0 Å². The number of ether oxygens (including phenoxy) is 1. The lowest BCUT2D eigenvalue weighted by Crippen LogP contribution is -2.19. The molecule has 1 atom stereocenters. The van der Waals surface area contributed by atoms with Crippen molar-refractivity contribution in [1.29, 1.82) is 0 Å². The zero-order valence-electron chi connectivity index (χ0n) is 30.7. The minimum absolute atomic E-state index is 0.0665. The van der Waals surface area contributed by atoms with E-state index in [0.717, 1.165) is 35.5 Å². The van der Waals surface area contributed by atoms with Crippen molar-refractivity contribution >= 4 is 49.5 Å². The highest BCUT2D eigenvalue weighted by Crippen LogP contribution is 2.51. The average molecular weight is 720 g/mol. The molecule has 0 amide bonds. The average Bonchev–Trinajstić information content (AvgIpc) is 3.80. The van der Waals surface area contributed by atoms with Gasteiger partial charge in [-0.3, -0.25) is 4.99 Å². The van der Waals surface area contributed by atoms with E-state index in [1.165, 1.54) is 65.9 Å². The second-order valence-electron chi connectivity index (χ2n) is 14.5. The van der Waals surface area contributed by atoms with Gasteiger partial charge >= 0.3 is 0 Å². The van der Waals surface area contributed by atoms with Gasteiger partial charge in [0, 0.05) is 62.6 Å². The molecule has 0 fully saturated rings. The fourth-order valence-electron chi connectivity index (χ4n) is 8.91. The molecular formula is C52H37N3O. The Balaban J connectivity index is 1.25. The lowest BCUT2D eigenvalue weighted by Gasteiger charge is -2.24. The number of benzene rings is 8. The van der Waals surface area contributed by atoms with Crippen molar-refractivity contribution < 1.29 is 4.74 Å². The number of fused-ring (bicyclic) bond motifs is 6. The van der Waals surface area contributed by atoms with Crippen molar-refractivity contribution in [2.24, 2.45) is 4.99 Å². The number of rotatable bonds is 6. The van der Waals surface area contributed by atoms with Crippen LogP contribution in [0.3, 0.4) is 0 Å². The first-order chi connectivity index (χ1) is 27.8. The summed E-state index contributed by atoms with van der Waals surface area (Å²) in [5, 5.41) is 4.92. The summed E-state index contributed by atoms with van der Waals surface area (Å²) in [7, 11) is 0. The first-order valence-corrected chi connectivity index (χ1v) is 19.4. The van der Waals surface area contributed by atoms with E-state index in [-0.39, 0.29) is 6.10 Å². The maximum Gasteiger partial charge on any atom is 0.216 e. The van der Waals surface area contributed by atoms with Crippen LogP contribution in [0, 0.1) is 0 Å². The third-order valence-corrected chi connectivity index (χ3v) is 11.3. The highest BCUT2D eigenvalue weighted by atomic mass is 16.5. The smallest absolute Gasteiger partial charge is 0.216 e. The Hall–Kier alpha value is -7.17. The topological polar surface area (TPSA) is 31.4 Å². The Morgan fingerprint density at radius 3 is 1.38 bits per heavy atom. The van der Waals surface area contributed by atoms with Crippen LogP contribution in [0.5, 0.6) is 0 Å². The van der Waals surface area contributed by atoms with Gasteiger partial charge in [-0.25, -0.2) is 0 Å². The van der Waals surface area contributed by atoms with Gasteiger partial charge in [-0.15, -0.1) is 0 Å². The lowest BCUT2D eigenvalue weighted by molar-refractivity contribution is 0.170. The second kappa shape index (κ2) is 13.3. The Bertz CT molecular complexity index is 3070. The number of nitrogens with zero attached hydrogens (tertiary/aromatic N) is 3. The Morgan fingerprint density at radius 2 is 0.857 bits per heavy atom. The van der Waals surface area contributed by atoms with Crippen molar-refractivity contribution in [2.45, 2.75) is 12.5 Å². The Kier molecular flexibility index (Phi) is 7.66. The molecule has 0 spiro atoms. The van der Waals surface area contributed by atoms with E-state index in [4.69, 9.17) is 9.73 Å². The molecule has 1 unspecified atom stereocenters. The maximum atomic E-state index is 6.54. The van der Waals surface area contributed by atoms with E-state index in [9.17, 15) is 0 Å². The van der Waals surface area contributed by atoms with Crippen LogP contribution in [-0.2, 0) is 4.74 Å². The van der Waals surface area contributed by atoms with Gasteiger partial charge in [0.2, 0.25) is 5.90 Å². The summed E-state index contributed by atoms with van der Waals surface area (Å²) in [5.41, 5.74) is 14.0. The standard InChI is InChI=1S/C52H37N3O/c1-5-17-36(18-6-1)46-49-42-26-14-16-28-44(42)55(40-31-29-35(30-32-40)45-33-34-53-52(56-45)38-21-9-3-10-22-38)51(49)47(37-19-7-2-8-20-37)48-41-25-13-15-27-43(41)54(50(46)48)39-23-11-4-12-24-39/h1-32,45H,33-34H2. The number of aromatic nitrogens is 2. The predicted octanol–water partition coefficient (Wildman–Crippen LogP) is 13.1. The van der Waals surface area contributed by atoms with Gasteiger partial charge in [0.25, 0.3) is 0 Å². The lowest BCUT2D eigenvalue weighted by atomic mass is 9.90. The summed E-state index contributed by atoms with van der Waals surface area (Å²) in [6, 6.07) is 69.8. The van der Waals surface area contributed by atoms with Gasteiger partial charge in [-0.2, -0.15) is 0 Å². The second-order valence-corrected chi connectivity index (χ2v) is 14.5. The van der Waals surface area contributed by atoms with Crippen LogP contribution in [0.2, 0.25) is 0 Å². The van der Waals surface area contributed by atoms with Crippen molar-refractivity contribution in [3.63, 3.8) is 0 Å². The third kappa shape index (κ3) is 5.10. The molecule has 1 aliphatic rings. The fraction of sp³-hybridized carbons (Fsp3) is 0.0577. The zero-order chi connectivity index (χ0) is 37.0. The van der Waals surface area contributed by atoms with Crippen LogP contribution in [-0.4, -0.2) is 21.6 Å².